The van der Waals surface area contributed by atoms with Crippen molar-refractivity contribution in [3.8, 4) is 0 Å². The van der Waals surface area contributed by atoms with Crippen LogP contribution < -0.4 is 11.1 Å². The molecular weight excluding hydrogens is 212 g/mol. The van der Waals surface area contributed by atoms with Crippen LogP contribution in [0.25, 0.3) is 0 Å². The first kappa shape index (κ1) is 10.9. The number of rotatable bonds is 3. The van der Waals surface area contributed by atoms with E-state index in [0.29, 0.717) is 19.1 Å². The first-order valence-electron chi connectivity index (χ1n) is 5.21. The molecule has 1 unspecified atom stereocenters. The lowest BCUT2D eigenvalue weighted by atomic mass is 10.0. The van der Waals surface area contributed by atoms with Crippen molar-refractivity contribution in [2.24, 2.45) is 5.92 Å². The lowest BCUT2D eigenvalue weighted by Crippen LogP contribution is -2.33. The predicted molar refractivity (Wildman–Crippen MR) is 54.6 cm³/mol. The lowest BCUT2D eigenvalue weighted by Gasteiger charge is -2.21. The fraction of sp³-hybridized carbons (Fsp3) is 0.667. The highest BCUT2D eigenvalue weighted by atomic mass is 16.6. The summed E-state index contributed by atoms with van der Waals surface area (Å²) in [4.78, 5) is 11.6. The van der Waals surface area contributed by atoms with Crippen molar-refractivity contribution >= 4 is 11.7 Å². The van der Waals surface area contributed by atoms with Crippen LogP contribution >= 0.6 is 0 Å². The summed E-state index contributed by atoms with van der Waals surface area (Å²) in [6, 6.07) is 0. The molecule has 0 aromatic carbocycles. The largest absolute Gasteiger partial charge is 0.381 e. The van der Waals surface area contributed by atoms with Gasteiger partial charge >= 0.3 is 0 Å². The van der Waals surface area contributed by atoms with Crippen molar-refractivity contribution in [2.45, 2.75) is 12.8 Å². The smallest absolute Gasteiger partial charge is 0.277 e. The SMILES string of the molecule is Nc1nonc1C(=O)NCC1CCCOC1. The number of nitrogens with one attached hydrogen (secondary N) is 1. The van der Waals surface area contributed by atoms with Gasteiger partial charge in [0.2, 0.25) is 11.5 Å². The van der Waals surface area contributed by atoms with E-state index in [1.807, 2.05) is 0 Å². The Labute approximate surface area is 92.3 Å². The topological polar surface area (TPSA) is 103 Å². The zero-order valence-corrected chi connectivity index (χ0v) is 8.81. The van der Waals surface area contributed by atoms with Gasteiger partial charge in [-0.2, -0.15) is 0 Å². The van der Waals surface area contributed by atoms with E-state index in [1.165, 1.54) is 0 Å². The fourth-order valence-corrected chi connectivity index (χ4v) is 1.64. The Hall–Kier alpha value is -1.63. The van der Waals surface area contributed by atoms with Crippen LogP contribution in [-0.2, 0) is 4.74 Å². The molecule has 88 valence electrons. The van der Waals surface area contributed by atoms with E-state index < -0.39 is 0 Å². The Bertz CT molecular complexity index is 359. The molecule has 2 rings (SSSR count). The molecule has 1 amide bonds. The normalized spacial score (nSPS) is 20.6. The first-order valence-corrected chi connectivity index (χ1v) is 5.21. The standard InChI is InChI=1S/C9H14N4O3/c10-8-7(12-16-13-8)9(14)11-4-6-2-1-3-15-5-6/h6H,1-5H2,(H2,10,13)(H,11,14). The molecule has 7 nitrogen and oxygen atoms in total. The Morgan fingerprint density at radius 1 is 1.56 bits per heavy atom. The van der Waals surface area contributed by atoms with Crippen LogP contribution in [0.3, 0.4) is 0 Å². The second-order valence-electron chi connectivity index (χ2n) is 3.79. The van der Waals surface area contributed by atoms with Gasteiger partial charge in [-0.15, -0.1) is 0 Å². The van der Waals surface area contributed by atoms with Crippen molar-refractivity contribution in [1.82, 2.24) is 15.6 Å². The molecule has 1 fully saturated rings. The predicted octanol–water partition coefficient (Wildman–Crippen LogP) is -0.192. The summed E-state index contributed by atoms with van der Waals surface area (Å²) in [5.74, 6) is 0.0144. The zero-order chi connectivity index (χ0) is 11.4. The van der Waals surface area contributed by atoms with Crippen molar-refractivity contribution in [2.75, 3.05) is 25.5 Å². The fourth-order valence-electron chi connectivity index (χ4n) is 1.64. The van der Waals surface area contributed by atoms with Crippen molar-refractivity contribution in [3.05, 3.63) is 5.69 Å². The Balaban J connectivity index is 1.81. The van der Waals surface area contributed by atoms with Gasteiger partial charge in [-0.05, 0) is 29.1 Å². The van der Waals surface area contributed by atoms with Gasteiger partial charge in [-0.25, -0.2) is 4.63 Å². The number of carbonyl (C=O) groups is 1. The molecule has 1 aromatic heterocycles. The van der Waals surface area contributed by atoms with Gasteiger partial charge in [-0.1, -0.05) is 0 Å². The van der Waals surface area contributed by atoms with Crippen LogP contribution in [0.4, 0.5) is 5.82 Å². The highest BCUT2D eigenvalue weighted by molar-refractivity contribution is 5.95. The first-order chi connectivity index (χ1) is 7.77. The number of aromatic nitrogens is 2. The molecule has 0 bridgehead atoms. The van der Waals surface area contributed by atoms with E-state index in [9.17, 15) is 4.79 Å². The number of nitrogens with two attached hydrogens (primary N) is 1. The molecule has 2 heterocycles. The van der Waals surface area contributed by atoms with E-state index in [4.69, 9.17) is 10.5 Å². The molecule has 1 aliphatic heterocycles. The molecule has 1 aromatic rings. The molecule has 0 aliphatic carbocycles. The molecule has 0 saturated carbocycles. The Kier molecular flexibility index (Phi) is 3.35. The van der Waals surface area contributed by atoms with Crippen LogP contribution in [0.15, 0.2) is 4.63 Å². The van der Waals surface area contributed by atoms with E-state index in [-0.39, 0.29) is 17.4 Å². The highest BCUT2D eigenvalue weighted by Gasteiger charge is 2.19. The van der Waals surface area contributed by atoms with Gasteiger partial charge in [0.15, 0.2) is 0 Å². The van der Waals surface area contributed by atoms with Gasteiger partial charge in [0, 0.05) is 13.2 Å². The number of carbonyl (C=O) groups excluding carboxylic acids is 1. The number of hydrogen-bond donors (Lipinski definition) is 2. The van der Waals surface area contributed by atoms with Crippen molar-refractivity contribution in [3.63, 3.8) is 0 Å². The summed E-state index contributed by atoms with van der Waals surface area (Å²) >= 11 is 0. The summed E-state index contributed by atoms with van der Waals surface area (Å²) in [6.45, 7) is 2.06. The maximum absolute atomic E-state index is 11.6. The summed E-state index contributed by atoms with van der Waals surface area (Å²) < 4.78 is 9.65. The van der Waals surface area contributed by atoms with Crippen LogP contribution in [0, 0.1) is 5.92 Å². The average Bonchev–Trinajstić information content (AvgIpc) is 2.74. The zero-order valence-electron chi connectivity index (χ0n) is 8.81. The highest BCUT2D eigenvalue weighted by Crippen LogP contribution is 2.12. The van der Waals surface area contributed by atoms with E-state index in [2.05, 4.69) is 20.3 Å². The Morgan fingerprint density at radius 3 is 3.06 bits per heavy atom. The summed E-state index contributed by atoms with van der Waals surface area (Å²) in [5.41, 5.74) is 5.44. The minimum atomic E-state index is -0.357. The lowest BCUT2D eigenvalue weighted by molar-refractivity contribution is 0.0535. The minimum absolute atomic E-state index is 0.0115. The van der Waals surface area contributed by atoms with E-state index in [0.717, 1.165) is 19.4 Å². The molecule has 16 heavy (non-hydrogen) atoms. The molecule has 1 saturated heterocycles. The Morgan fingerprint density at radius 2 is 2.44 bits per heavy atom. The number of nitrogen functional groups attached to an aromatic ring is 1. The summed E-state index contributed by atoms with van der Waals surface area (Å²) in [6.07, 6.45) is 2.10. The average molecular weight is 226 g/mol. The third kappa shape index (κ3) is 2.48. The van der Waals surface area contributed by atoms with Crippen LogP contribution in [0.2, 0.25) is 0 Å². The summed E-state index contributed by atoms with van der Waals surface area (Å²) in [7, 11) is 0. The summed E-state index contributed by atoms with van der Waals surface area (Å²) in [5, 5.41) is 9.50. The van der Waals surface area contributed by atoms with E-state index in [1.54, 1.807) is 0 Å². The van der Waals surface area contributed by atoms with E-state index >= 15 is 0 Å². The second-order valence-corrected chi connectivity index (χ2v) is 3.79. The number of amides is 1. The van der Waals surface area contributed by atoms with Crippen molar-refractivity contribution in [1.29, 1.82) is 0 Å². The number of nitrogens with zero attached hydrogens (tertiary/aromatic N) is 2. The second kappa shape index (κ2) is 4.93. The molecule has 1 atom stereocenters. The van der Waals surface area contributed by atoms with Gasteiger partial charge in [0.05, 0.1) is 6.61 Å². The quantitative estimate of drug-likeness (QED) is 0.740. The maximum atomic E-state index is 11.6. The number of anilines is 1. The molecule has 0 spiro atoms. The number of ether oxygens (including phenoxy) is 1. The monoisotopic (exact) mass is 226 g/mol. The van der Waals surface area contributed by atoms with Gasteiger partial charge < -0.3 is 15.8 Å². The third-order valence-electron chi connectivity index (χ3n) is 2.53. The maximum Gasteiger partial charge on any atom is 0.277 e. The molecule has 3 N–H and O–H groups in total. The van der Waals surface area contributed by atoms with Gasteiger partial charge in [0.1, 0.15) is 0 Å². The van der Waals surface area contributed by atoms with Crippen LogP contribution in [0.5, 0.6) is 0 Å². The van der Waals surface area contributed by atoms with Gasteiger partial charge in [0.25, 0.3) is 5.91 Å². The van der Waals surface area contributed by atoms with Crippen molar-refractivity contribution < 1.29 is 14.2 Å². The minimum Gasteiger partial charge on any atom is -0.381 e. The van der Waals surface area contributed by atoms with Crippen LogP contribution in [0.1, 0.15) is 23.3 Å². The molecular formula is C9H14N4O3. The molecule has 0 radical (unpaired) electrons. The molecule has 7 heteroatoms. The van der Waals surface area contributed by atoms with Crippen LogP contribution in [-0.4, -0.2) is 36.0 Å². The molecule has 1 aliphatic rings. The third-order valence-corrected chi connectivity index (χ3v) is 2.53. The number of hydrogen-bond acceptors (Lipinski definition) is 6. The van der Waals surface area contributed by atoms with Gasteiger partial charge in [-0.3, -0.25) is 4.79 Å².